The molecule has 0 spiro atoms. The number of rotatable bonds is 15. The molecule has 0 bridgehead atoms. The molecule has 0 aliphatic rings. The molecule has 0 atom stereocenters. The van der Waals surface area contributed by atoms with Crippen LogP contribution in [0.3, 0.4) is 0 Å². The lowest BCUT2D eigenvalue weighted by Gasteiger charge is -2.22. The van der Waals surface area contributed by atoms with Crippen molar-refractivity contribution in [2.24, 2.45) is 0 Å². The first-order valence-electron chi connectivity index (χ1n) is 13.7. The summed E-state index contributed by atoms with van der Waals surface area (Å²) in [4.78, 5) is 30.8. The second-order valence-corrected chi connectivity index (χ2v) is 10.9. The minimum atomic E-state index is -0.0750. The van der Waals surface area contributed by atoms with E-state index in [1.165, 1.54) is 22.9 Å². The van der Waals surface area contributed by atoms with Crippen LogP contribution >= 0.6 is 11.8 Å². The van der Waals surface area contributed by atoms with Crippen molar-refractivity contribution in [2.45, 2.75) is 45.1 Å². The van der Waals surface area contributed by atoms with Crippen molar-refractivity contribution < 1.29 is 9.59 Å². The molecule has 0 radical (unpaired) electrons. The van der Waals surface area contributed by atoms with Gasteiger partial charge in [-0.3, -0.25) is 9.59 Å². The van der Waals surface area contributed by atoms with Crippen LogP contribution in [0, 0.1) is 6.92 Å². The van der Waals surface area contributed by atoms with Crippen LogP contribution in [-0.4, -0.2) is 50.3 Å². The van der Waals surface area contributed by atoms with Crippen LogP contribution in [0.2, 0.25) is 0 Å². The maximum absolute atomic E-state index is 12.6. The highest BCUT2D eigenvalue weighted by Gasteiger charge is 2.11. The second-order valence-electron chi connectivity index (χ2n) is 9.80. The summed E-state index contributed by atoms with van der Waals surface area (Å²) in [6, 6.07) is 24.0. The normalized spacial score (nSPS) is 11.5. The third-order valence-corrected chi connectivity index (χ3v) is 7.41. The van der Waals surface area contributed by atoms with Gasteiger partial charge in [-0.25, -0.2) is 0 Å². The molecule has 3 aromatic rings. The molecule has 0 aromatic heterocycles. The third-order valence-electron chi connectivity index (χ3n) is 6.40. The predicted molar refractivity (Wildman–Crippen MR) is 165 cm³/mol. The van der Waals surface area contributed by atoms with Crippen molar-refractivity contribution in [3.63, 3.8) is 0 Å². The quantitative estimate of drug-likeness (QED) is 0.130. The van der Waals surface area contributed by atoms with E-state index in [2.05, 4.69) is 73.3 Å². The number of benzene rings is 3. The summed E-state index contributed by atoms with van der Waals surface area (Å²) in [7, 11) is 2.07. The first-order chi connectivity index (χ1) is 18.9. The van der Waals surface area contributed by atoms with Gasteiger partial charge in [-0.1, -0.05) is 79.7 Å². The number of nitrogens with zero attached hydrogens (tertiary/aromatic N) is 2. The van der Waals surface area contributed by atoms with E-state index in [1.54, 1.807) is 0 Å². The Labute approximate surface area is 238 Å². The molecule has 3 rings (SSSR count). The Morgan fingerprint density at radius 2 is 1.64 bits per heavy atom. The molecule has 0 aliphatic carbocycles. The van der Waals surface area contributed by atoms with E-state index in [-0.39, 0.29) is 5.91 Å². The first kappa shape index (κ1) is 30.2. The fourth-order valence-corrected chi connectivity index (χ4v) is 5.51. The summed E-state index contributed by atoms with van der Waals surface area (Å²) in [5.74, 6) is -0.0750. The van der Waals surface area contributed by atoms with Gasteiger partial charge in [0.25, 0.3) is 5.91 Å². The van der Waals surface area contributed by atoms with Crippen molar-refractivity contribution >= 4 is 35.7 Å². The van der Waals surface area contributed by atoms with Gasteiger partial charge in [0.15, 0.2) is 6.29 Å². The standard InChI is InChI=1S/C33H41N3O2S/c1-5-19-36(20-6-2)21-18-34-33(38)29-16-14-27(15-17-29)23-30(25-37)39-32-13-8-7-12-31(32)35(4)24-28-11-9-10-26(3)22-28/h7-17,22-23,25H,5-6,18-21,24H2,1-4H3,(H,34,38)/b30-23-. The number of para-hydroxylation sites is 1. The summed E-state index contributed by atoms with van der Waals surface area (Å²) in [5.41, 5.74) is 5.05. The third kappa shape index (κ3) is 9.72. The van der Waals surface area contributed by atoms with Crippen molar-refractivity contribution in [2.75, 3.05) is 38.1 Å². The fraction of sp³-hybridized carbons (Fsp3) is 0.333. The minimum Gasteiger partial charge on any atom is -0.369 e. The van der Waals surface area contributed by atoms with E-state index < -0.39 is 0 Å². The maximum atomic E-state index is 12.6. The Bertz CT molecular complexity index is 1230. The Balaban J connectivity index is 1.64. The maximum Gasteiger partial charge on any atom is 0.251 e. The minimum absolute atomic E-state index is 0.0750. The number of aldehydes is 1. The smallest absolute Gasteiger partial charge is 0.251 e. The molecule has 0 saturated heterocycles. The monoisotopic (exact) mass is 543 g/mol. The summed E-state index contributed by atoms with van der Waals surface area (Å²) in [6.07, 6.45) is 4.98. The average Bonchev–Trinajstić information content (AvgIpc) is 2.93. The van der Waals surface area contributed by atoms with Gasteiger partial charge in [-0.05, 0) is 74.3 Å². The number of aryl methyl sites for hydroxylation is 1. The number of anilines is 1. The number of nitrogens with one attached hydrogen (secondary N) is 1. The second kappa shape index (κ2) is 15.9. The molecule has 3 aromatic carbocycles. The van der Waals surface area contributed by atoms with Crippen LogP contribution in [0.25, 0.3) is 6.08 Å². The zero-order chi connectivity index (χ0) is 28.0. The summed E-state index contributed by atoms with van der Waals surface area (Å²) < 4.78 is 0. The molecule has 39 heavy (non-hydrogen) atoms. The van der Waals surface area contributed by atoms with Crippen molar-refractivity contribution in [1.82, 2.24) is 10.2 Å². The molecule has 0 aliphatic heterocycles. The Hall–Kier alpha value is -3.35. The molecular formula is C33H41N3O2S. The molecule has 0 fully saturated rings. The number of amides is 1. The van der Waals surface area contributed by atoms with E-state index in [1.807, 2.05) is 48.5 Å². The Morgan fingerprint density at radius 3 is 2.31 bits per heavy atom. The SMILES string of the molecule is CCCN(CCC)CCNC(=O)c1ccc(/C=C(/C=O)Sc2ccccc2N(C)Cc2cccc(C)c2)cc1. The van der Waals surface area contributed by atoms with Gasteiger partial charge >= 0.3 is 0 Å². The van der Waals surface area contributed by atoms with E-state index in [0.29, 0.717) is 17.0 Å². The van der Waals surface area contributed by atoms with Crippen LogP contribution in [-0.2, 0) is 11.3 Å². The Kier molecular flexibility index (Phi) is 12.3. The van der Waals surface area contributed by atoms with Crippen LogP contribution in [0.4, 0.5) is 5.69 Å². The van der Waals surface area contributed by atoms with E-state index in [9.17, 15) is 9.59 Å². The molecule has 0 unspecified atom stereocenters. The van der Waals surface area contributed by atoms with Gasteiger partial charge in [0.2, 0.25) is 0 Å². The zero-order valence-corrected chi connectivity index (χ0v) is 24.5. The molecule has 6 heteroatoms. The van der Waals surface area contributed by atoms with Gasteiger partial charge in [0.05, 0.1) is 10.6 Å². The van der Waals surface area contributed by atoms with E-state index in [0.717, 1.165) is 61.5 Å². The van der Waals surface area contributed by atoms with Crippen LogP contribution < -0.4 is 10.2 Å². The van der Waals surface area contributed by atoms with Crippen molar-refractivity contribution in [1.29, 1.82) is 0 Å². The Morgan fingerprint density at radius 1 is 0.923 bits per heavy atom. The average molecular weight is 544 g/mol. The van der Waals surface area contributed by atoms with Gasteiger partial charge in [-0.2, -0.15) is 0 Å². The van der Waals surface area contributed by atoms with Crippen molar-refractivity contribution in [3.8, 4) is 0 Å². The first-order valence-corrected chi connectivity index (χ1v) is 14.6. The lowest BCUT2D eigenvalue weighted by atomic mass is 10.1. The number of carbonyl (C=O) groups is 2. The lowest BCUT2D eigenvalue weighted by Crippen LogP contribution is -2.35. The lowest BCUT2D eigenvalue weighted by molar-refractivity contribution is -0.104. The molecule has 1 amide bonds. The highest BCUT2D eigenvalue weighted by Crippen LogP contribution is 2.35. The molecule has 0 heterocycles. The van der Waals surface area contributed by atoms with Gasteiger partial charge in [0, 0.05) is 37.1 Å². The summed E-state index contributed by atoms with van der Waals surface area (Å²) >= 11 is 1.45. The molecule has 206 valence electrons. The number of allylic oxidation sites excluding steroid dienone is 1. The molecule has 1 N–H and O–H groups in total. The van der Waals surface area contributed by atoms with Gasteiger partial charge in [0.1, 0.15) is 0 Å². The van der Waals surface area contributed by atoms with E-state index >= 15 is 0 Å². The number of thioether (sulfide) groups is 1. The molecule has 5 nitrogen and oxygen atoms in total. The van der Waals surface area contributed by atoms with Crippen LogP contribution in [0.15, 0.2) is 82.6 Å². The number of hydrogen-bond donors (Lipinski definition) is 1. The van der Waals surface area contributed by atoms with Gasteiger partial charge in [-0.15, -0.1) is 0 Å². The van der Waals surface area contributed by atoms with E-state index in [4.69, 9.17) is 0 Å². The highest BCUT2D eigenvalue weighted by molar-refractivity contribution is 8.04. The number of hydrogen-bond acceptors (Lipinski definition) is 5. The van der Waals surface area contributed by atoms with Gasteiger partial charge < -0.3 is 15.1 Å². The number of carbonyl (C=O) groups excluding carboxylic acids is 2. The summed E-state index contributed by atoms with van der Waals surface area (Å²) in [6.45, 7) is 10.8. The molecular weight excluding hydrogens is 502 g/mol. The van der Waals surface area contributed by atoms with Crippen molar-refractivity contribution in [3.05, 3.63) is 100.0 Å². The highest BCUT2D eigenvalue weighted by atomic mass is 32.2. The van der Waals surface area contributed by atoms with Crippen LogP contribution in [0.1, 0.15) is 53.7 Å². The van der Waals surface area contributed by atoms with Crippen LogP contribution in [0.5, 0.6) is 0 Å². The molecule has 0 saturated carbocycles. The summed E-state index contributed by atoms with van der Waals surface area (Å²) in [5, 5.41) is 3.03. The largest absolute Gasteiger partial charge is 0.369 e. The zero-order valence-electron chi connectivity index (χ0n) is 23.7. The predicted octanol–water partition coefficient (Wildman–Crippen LogP) is 6.82. The topological polar surface area (TPSA) is 52.7 Å². The fourth-order valence-electron chi connectivity index (χ4n) is 4.54.